The van der Waals surface area contributed by atoms with Crippen LogP contribution in [0.1, 0.15) is 38.3 Å². The Morgan fingerprint density at radius 1 is 1.19 bits per heavy atom. The molecule has 1 aromatic heterocycles. The van der Waals surface area contributed by atoms with Crippen LogP contribution in [-0.4, -0.2) is 59.3 Å². The number of nitrogens with one attached hydrogen (secondary N) is 1. The Hall–Kier alpha value is -1.95. The monoisotopic (exact) mass is 358 g/mol. The summed E-state index contributed by atoms with van der Waals surface area (Å²) in [5.74, 6) is 1.45. The summed E-state index contributed by atoms with van der Waals surface area (Å²) in [7, 11) is 0. The van der Waals surface area contributed by atoms with Crippen molar-refractivity contribution in [3.05, 3.63) is 23.9 Å². The van der Waals surface area contributed by atoms with E-state index < -0.39 is 0 Å². The molecular weight excluding hydrogens is 328 g/mol. The van der Waals surface area contributed by atoms with Gasteiger partial charge in [-0.05, 0) is 57.2 Å². The van der Waals surface area contributed by atoms with Gasteiger partial charge in [0, 0.05) is 25.3 Å². The van der Waals surface area contributed by atoms with Crippen LogP contribution < -0.4 is 5.32 Å². The van der Waals surface area contributed by atoms with E-state index in [1.165, 1.54) is 0 Å². The number of aromatic nitrogens is 1. The lowest BCUT2D eigenvalue weighted by Crippen LogP contribution is -2.48. The first-order valence-electron chi connectivity index (χ1n) is 9.76. The van der Waals surface area contributed by atoms with Gasteiger partial charge in [0.1, 0.15) is 5.82 Å². The fourth-order valence-electron chi connectivity index (χ4n) is 3.80. The lowest BCUT2D eigenvalue weighted by atomic mass is 9.96. The molecule has 2 aliphatic heterocycles. The van der Waals surface area contributed by atoms with Gasteiger partial charge >= 0.3 is 0 Å². The highest BCUT2D eigenvalue weighted by molar-refractivity contribution is 5.92. The number of amides is 2. The number of carbonyl (C=O) groups excluding carboxylic acids is 2. The minimum atomic E-state index is -0.0831. The third-order valence-corrected chi connectivity index (χ3v) is 5.51. The highest BCUT2D eigenvalue weighted by Crippen LogP contribution is 2.20. The summed E-state index contributed by atoms with van der Waals surface area (Å²) in [5.41, 5.74) is 0.884. The van der Waals surface area contributed by atoms with Crippen LogP contribution in [0.3, 0.4) is 0 Å². The van der Waals surface area contributed by atoms with Crippen LogP contribution in [0.2, 0.25) is 0 Å². The van der Waals surface area contributed by atoms with Gasteiger partial charge in [-0.1, -0.05) is 13.0 Å². The first kappa shape index (κ1) is 18.8. The number of likely N-dealkylation sites (tertiary alicyclic amines) is 2. The average molecular weight is 358 g/mol. The van der Waals surface area contributed by atoms with Crippen LogP contribution in [-0.2, 0) is 9.59 Å². The lowest BCUT2D eigenvalue weighted by Gasteiger charge is -2.35. The van der Waals surface area contributed by atoms with Gasteiger partial charge in [-0.15, -0.1) is 0 Å². The molecule has 2 aliphatic rings. The van der Waals surface area contributed by atoms with Crippen molar-refractivity contribution in [2.75, 3.05) is 38.0 Å². The summed E-state index contributed by atoms with van der Waals surface area (Å²) in [4.78, 5) is 33.6. The highest BCUT2D eigenvalue weighted by Gasteiger charge is 2.29. The fraction of sp³-hybridized carbons (Fsp3) is 0.650. The number of hydrogen-bond donors (Lipinski definition) is 1. The fourth-order valence-corrected chi connectivity index (χ4v) is 3.80. The van der Waals surface area contributed by atoms with Crippen molar-refractivity contribution in [3.63, 3.8) is 0 Å². The normalized spacial score (nSPS) is 22.2. The van der Waals surface area contributed by atoms with Gasteiger partial charge in [0.2, 0.25) is 11.8 Å². The summed E-state index contributed by atoms with van der Waals surface area (Å²) >= 11 is 0. The number of carbonyl (C=O) groups is 2. The van der Waals surface area contributed by atoms with Gasteiger partial charge < -0.3 is 10.2 Å². The molecule has 0 aliphatic carbocycles. The molecule has 0 bridgehead atoms. The summed E-state index contributed by atoms with van der Waals surface area (Å²) in [6, 6.07) is 5.61. The molecule has 6 nitrogen and oxygen atoms in total. The van der Waals surface area contributed by atoms with E-state index in [1.54, 1.807) is 0 Å². The predicted octanol–water partition coefficient (Wildman–Crippen LogP) is 2.30. The standard InChI is InChI=1S/C20H30N4O2/c1-15-8-11-24(12-9-15)19(25)14-23-10-4-6-17(13-23)20(26)22-18-7-3-5-16(2)21-18/h3,5,7,15,17H,4,6,8-14H2,1-2H3,(H,21,22,26). The van der Waals surface area contributed by atoms with Crippen molar-refractivity contribution in [2.24, 2.45) is 11.8 Å². The maximum Gasteiger partial charge on any atom is 0.236 e. The number of piperidine rings is 2. The van der Waals surface area contributed by atoms with E-state index in [0.29, 0.717) is 18.9 Å². The van der Waals surface area contributed by atoms with E-state index in [4.69, 9.17) is 0 Å². The van der Waals surface area contributed by atoms with Gasteiger partial charge in [-0.25, -0.2) is 4.98 Å². The molecule has 0 aromatic carbocycles. The van der Waals surface area contributed by atoms with Crippen LogP contribution in [0.15, 0.2) is 18.2 Å². The van der Waals surface area contributed by atoms with Crippen LogP contribution in [0.5, 0.6) is 0 Å². The molecule has 3 rings (SSSR count). The topological polar surface area (TPSA) is 65.5 Å². The second kappa shape index (κ2) is 8.62. The Balaban J connectivity index is 1.50. The maximum absolute atomic E-state index is 12.6. The smallest absolute Gasteiger partial charge is 0.236 e. The van der Waals surface area contributed by atoms with E-state index in [-0.39, 0.29) is 17.7 Å². The second-order valence-electron chi connectivity index (χ2n) is 7.79. The molecule has 3 heterocycles. The number of pyridine rings is 1. The van der Waals surface area contributed by atoms with Crippen molar-refractivity contribution < 1.29 is 9.59 Å². The van der Waals surface area contributed by atoms with E-state index in [2.05, 4.69) is 22.1 Å². The molecule has 0 saturated carbocycles. The number of rotatable bonds is 4. The van der Waals surface area contributed by atoms with Crippen molar-refractivity contribution in [3.8, 4) is 0 Å². The Kier molecular flexibility index (Phi) is 6.25. The molecule has 26 heavy (non-hydrogen) atoms. The SMILES string of the molecule is Cc1cccc(NC(=O)C2CCCN(CC(=O)N3CCC(C)CC3)C2)n1. The van der Waals surface area contributed by atoms with Gasteiger partial charge in [0.25, 0.3) is 0 Å². The summed E-state index contributed by atoms with van der Waals surface area (Å²) in [6.07, 6.45) is 4.01. The largest absolute Gasteiger partial charge is 0.342 e. The molecule has 6 heteroatoms. The maximum atomic E-state index is 12.6. The quantitative estimate of drug-likeness (QED) is 0.897. The first-order valence-corrected chi connectivity index (χ1v) is 9.76. The summed E-state index contributed by atoms with van der Waals surface area (Å²) in [5, 5.41) is 2.92. The first-order chi connectivity index (χ1) is 12.5. The Labute approximate surface area is 156 Å². The molecule has 1 unspecified atom stereocenters. The van der Waals surface area contributed by atoms with Crippen molar-refractivity contribution in [1.29, 1.82) is 0 Å². The van der Waals surface area contributed by atoms with Crippen LogP contribution in [0.4, 0.5) is 5.82 Å². The van der Waals surface area contributed by atoms with Crippen LogP contribution >= 0.6 is 0 Å². The minimum absolute atomic E-state index is 0.00652. The molecule has 1 aromatic rings. The zero-order valence-corrected chi connectivity index (χ0v) is 15.9. The van der Waals surface area contributed by atoms with Gasteiger partial charge in [-0.2, -0.15) is 0 Å². The number of nitrogens with zero attached hydrogens (tertiary/aromatic N) is 3. The molecule has 0 radical (unpaired) electrons. The minimum Gasteiger partial charge on any atom is -0.342 e. The Morgan fingerprint density at radius 3 is 2.69 bits per heavy atom. The van der Waals surface area contributed by atoms with Gasteiger partial charge in [0.05, 0.1) is 12.5 Å². The highest BCUT2D eigenvalue weighted by atomic mass is 16.2. The molecule has 2 fully saturated rings. The summed E-state index contributed by atoms with van der Waals surface area (Å²) < 4.78 is 0. The molecule has 2 saturated heterocycles. The zero-order valence-electron chi connectivity index (χ0n) is 15.9. The average Bonchev–Trinajstić information content (AvgIpc) is 2.62. The third kappa shape index (κ3) is 5.04. The molecular formula is C20H30N4O2. The molecule has 1 N–H and O–H groups in total. The number of hydrogen-bond acceptors (Lipinski definition) is 4. The van der Waals surface area contributed by atoms with Gasteiger partial charge in [-0.3, -0.25) is 14.5 Å². The third-order valence-electron chi connectivity index (χ3n) is 5.51. The van der Waals surface area contributed by atoms with Crippen molar-refractivity contribution in [1.82, 2.24) is 14.8 Å². The van der Waals surface area contributed by atoms with E-state index in [9.17, 15) is 9.59 Å². The molecule has 0 spiro atoms. The van der Waals surface area contributed by atoms with Crippen LogP contribution in [0, 0.1) is 18.8 Å². The Morgan fingerprint density at radius 2 is 1.96 bits per heavy atom. The lowest BCUT2D eigenvalue weighted by molar-refractivity contribution is -0.135. The summed E-state index contributed by atoms with van der Waals surface area (Å²) in [6.45, 7) is 7.87. The predicted molar refractivity (Wildman–Crippen MR) is 102 cm³/mol. The van der Waals surface area contributed by atoms with Crippen molar-refractivity contribution in [2.45, 2.75) is 39.5 Å². The Bertz CT molecular complexity index is 640. The molecule has 1 atom stereocenters. The molecule has 142 valence electrons. The van der Waals surface area contributed by atoms with Gasteiger partial charge in [0.15, 0.2) is 0 Å². The number of anilines is 1. The second-order valence-corrected chi connectivity index (χ2v) is 7.79. The van der Waals surface area contributed by atoms with Crippen LogP contribution in [0.25, 0.3) is 0 Å². The van der Waals surface area contributed by atoms with E-state index >= 15 is 0 Å². The van der Waals surface area contributed by atoms with E-state index in [1.807, 2.05) is 30.0 Å². The van der Waals surface area contributed by atoms with Crippen molar-refractivity contribution >= 4 is 17.6 Å². The van der Waals surface area contributed by atoms with E-state index in [0.717, 1.165) is 56.9 Å². The molecule has 2 amide bonds. The number of aryl methyl sites for hydroxylation is 1. The zero-order chi connectivity index (χ0) is 18.5.